The maximum atomic E-state index is 13.8. The SMILES string of the molecule is Cc1cccc(-c2sc(N)nc2C(=O)N(CCc2c[nH]c3ccc(F)cc23)CC2CC2)c1. The van der Waals surface area contributed by atoms with E-state index in [-0.39, 0.29) is 11.7 Å². The third-order valence-electron chi connectivity index (χ3n) is 5.97. The number of amides is 1. The highest BCUT2D eigenvalue weighted by Gasteiger charge is 2.30. The van der Waals surface area contributed by atoms with Gasteiger partial charge in [-0.3, -0.25) is 4.79 Å². The van der Waals surface area contributed by atoms with Gasteiger partial charge in [0.1, 0.15) is 11.5 Å². The molecule has 0 bridgehead atoms. The molecule has 7 heteroatoms. The number of aromatic amines is 1. The molecule has 5 nitrogen and oxygen atoms in total. The van der Waals surface area contributed by atoms with Gasteiger partial charge in [0.25, 0.3) is 5.91 Å². The molecule has 2 heterocycles. The molecule has 5 rings (SSSR count). The summed E-state index contributed by atoms with van der Waals surface area (Å²) in [5.74, 6) is 0.190. The number of anilines is 1. The summed E-state index contributed by atoms with van der Waals surface area (Å²) in [5.41, 5.74) is 10.4. The Morgan fingerprint density at radius 2 is 2.12 bits per heavy atom. The number of fused-ring (bicyclic) bond motifs is 1. The summed E-state index contributed by atoms with van der Waals surface area (Å²) in [6.07, 6.45) is 4.84. The summed E-state index contributed by atoms with van der Waals surface area (Å²) >= 11 is 1.35. The monoisotopic (exact) mass is 448 g/mol. The van der Waals surface area contributed by atoms with Crippen molar-refractivity contribution in [1.29, 1.82) is 0 Å². The summed E-state index contributed by atoms with van der Waals surface area (Å²) in [5, 5.41) is 1.26. The zero-order chi connectivity index (χ0) is 22.2. The second-order valence-corrected chi connectivity index (χ2v) is 9.58. The molecule has 32 heavy (non-hydrogen) atoms. The van der Waals surface area contributed by atoms with E-state index in [1.165, 1.54) is 17.4 Å². The zero-order valence-corrected chi connectivity index (χ0v) is 18.7. The molecule has 0 radical (unpaired) electrons. The third-order valence-corrected chi connectivity index (χ3v) is 6.90. The van der Waals surface area contributed by atoms with Crippen LogP contribution in [-0.4, -0.2) is 33.9 Å². The molecule has 2 aromatic heterocycles. The van der Waals surface area contributed by atoms with E-state index in [0.717, 1.165) is 45.3 Å². The van der Waals surface area contributed by atoms with E-state index in [2.05, 4.69) is 16.0 Å². The minimum Gasteiger partial charge on any atom is -0.375 e. The molecule has 1 aliphatic rings. The number of thiazole rings is 1. The van der Waals surface area contributed by atoms with Crippen LogP contribution in [0.2, 0.25) is 0 Å². The lowest BCUT2D eigenvalue weighted by Gasteiger charge is -2.22. The molecule has 2 aromatic carbocycles. The highest BCUT2D eigenvalue weighted by Crippen LogP contribution is 2.35. The number of hydrogen-bond donors (Lipinski definition) is 2. The van der Waals surface area contributed by atoms with Crippen molar-refractivity contribution in [3.05, 3.63) is 71.3 Å². The molecule has 0 unspecified atom stereocenters. The Labute approximate surface area is 190 Å². The average molecular weight is 449 g/mol. The van der Waals surface area contributed by atoms with Crippen molar-refractivity contribution in [3.8, 4) is 10.4 Å². The van der Waals surface area contributed by atoms with E-state index in [4.69, 9.17) is 5.73 Å². The van der Waals surface area contributed by atoms with Gasteiger partial charge in [0.15, 0.2) is 5.13 Å². The number of aromatic nitrogens is 2. The number of aryl methyl sites for hydroxylation is 1. The van der Waals surface area contributed by atoms with E-state index >= 15 is 0 Å². The van der Waals surface area contributed by atoms with E-state index in [9.17, 15) is 9.18 Å². The van der Waals surface area contributed by atoms with E-state index in [0.29, 0.717) is 36.3 Å². The first kappa shape index (κ1) is 20.7. The second-order valence-electron chi connectivity index (χ2n) is 8.55. The minimum absolute atomic E-state index is 0.0904. The van der Waals surface area contributed by atoms with Crippen molar-refractivity contribution in [1.82, 2.24) is 14.9 Å². The van der Waals surface area contributed by atoms with Gasteiger partial charge in [-0.25, -0.2) is 9.37 Å². The third kappa shape index (κ3) is 4.25. The summed E-state index contributed by atoms with van der Waals surface area (Å²) in [7, 11) is 0. The topological polar surface area (TPSA) is 75.0 Å². The number of hydrogen-bond acceptors (Lipinski definition) is 4. The van der Waals surface area contributed by atoms with Crippen LogP contribution in [0.4, 0.5) is 9.52 Å². The van der Waals surface area contributed by atoms with Gasteiger partial charge in [-0.2, -0.15) is 0 Å². The first-order valence-corrected chi connectivity index (χ1v) is 11.7. The van der Waals surface area contributed by atoms with Crippen LogP contribution >= 0.6 is 11.3 Å². The number of carbonyl (C=O) groups is 1. The maximum Gasteiger partial charge on any atom is 0.274 e. The number of rotatable bonds is 7. The highest BCUT2D eigenvalue weighted by molar-refractivity contribution is 7.19. The molecule has 1 amide bonds. The van der Waals surface area contributed by atoms with Crippen molar-refractivity contribution < 1.29 is 9.18 Å². The number of nitrogens with zero attached hydrogens (tertiary/aromatic N) is 2. The van der Waals surface area contributed by atoms with E-state index in [1.54, 1.807) is 12.1 Å². The zero-order valence-electron chi connectivity index (χ0n) is 17.9. The van der Waals surface area contributed by atoms with Crippen molar-refractivity contribution in [2.75, 3.05) is 18.8 Å². The average Bonchev–Trinajstić information content (AvgIpc) is 3.38. The van der Waals surface area contributed by atoms with Gasteiger partial charge in [-0.15, -0.1) is 0 Å². The smallest absolute Gasteiger partial charge is 0.274 e. The lowest BCUT2D eigenvalue weighted by atomic mass is 10.1. The van der Waals surface area contributed by atoms with Gasteiger partial charge in [0.2, 0.25) is 0 Å². The summed E-state index contributed by atoms with van der Waals surface area (Å²) in [6.45, 7) is 3.28. The fraction of sp³-hybridized carbons (Fsp3) is 0.280. The maximum absolute atomic E-state index is 13.8. The number of nitrogen functional groups attached to an aromatic ring is 1. The molecule has 3 N–H and O–H groups in total. The molecule has 0 saturated heterocycles. The molecular weight excluding hydrogens is 423 g/mol. The number of benzene rings is 2. The molecule has 1 fully saturated rings. The molecule has 1 saturated carbocycles. The van der Waals surface area contributed by atoms with Gasteiger partial charge in [-0.1, -0.05) is 41.2 Å². The molecule has 164 valence electrons. The van der Waals surface area contributed by atoms with Gasteiger partial charge >= 0.3 is 0 Å². The predicted molar refractivity (Wildman–Crippen MR) is 127 cm³/mol. The quantitative estimate of drug-likeness (QED) is 0.397. The van der Waals surface area contributed by atoms with E-state index in [1.807, 2.05) is 36.2 Å². The van der Waals surface area contributed by atoms with Gasteiger partial charge in [-0.05, 0) is 61.4 Å². The highest BCUT2D eigenvalue weighted by atomic mass is 32.1. The van der Waals surface area contributed by atoms with Gasteiger partial charge in [0.05, 0.1) is 4.88 Å². The van der Waals surface area contributed by atoms with Crippen LogP contribution in [0.25, 0.3) is 21.3 Å². The summed E-state index contributed by atoms with van der Waals surface area (Å²) in [4.78, 5) is 23.9. The summed E-state index contributed by atoms with van der Waals surface area (Å²) < 4.78 is 13.8. The number of carbonyl (C=O) groups excluding carboxylic acids is 1. The second kappa shape index (κ2) is 8.39. The van der Waals surface area contributed by atoms with Crippen LogP contribution in [0.3, 0.4) is 0 Å². The minimum atomic E-state index is -0.259. The van der Waals surface area contributed by atoms with Gasteiger partial charge in [0, 0.05) is 30.2 Å². The molecular formula is C25H25FN4OS. The Kier molecular flexibility index (Phi) is 5.43. The van der Waals surface area contributed by atoms with Crippen LogP contribution in [0.1, 0.15) is 34.5 Å². The van der Waals surface area contributed by atoms with E-state index < -0.39 is 0 Å². The number of halogens is 1. The molecule has 0 spiro atoms. The lowest BCUT2D eigenvalue weighted by Crippen LogP contribution is -2.35. The summed E-state index contributed by atoms with van der Waals surface area (Å²) in [6, 6.07) is 12.8. The Hall–Kier alpha value is -3.19. The largest absolute Gasteiger partial charge is 0.375 e. The van der Waals surface area contributed by atoms with Crippen LogP contribution in [0.5, 0.6) is 0 Å². The number of H-pyrrole nitrogens is 1. The Bertz CT molecular complexity index is 1290. The molecule has 4 aromatic rings. The number of nitrogens with two attached hydrogens (primary N) is 1. The fourth-order valence-electron chi connectivity index (χ4n) is 4.11. The van der Waals surface area contributed by atoms with Crippen molar-refractivity contribution in [3.63, 3.8) is 0 Å². The van der Waals surface area contributed by atoms with Crippen molar-refractivity contribution in [2.45, 2.75) is 26.2 Å². The fourth-order valence-corrected chi connectivity index (χ4v) is 4.93. The molecule has 0 aliphatic heterocycles. The van der Waals surface area contributed by atoms with Crippen molar-refractivity contribution >= 4 is 33.3 Å². The molecule has 1 aliphatic carbocycles. The predicted octanol–water partition coefficient (Wildman–Crippen LogP) is 5.42. The Balaban J connectivity index is 1.42. The van der Waals surface area contributed by atoms with Crippen LogP contribution in [-0.2, 0) is 6.42 Å². The first-order chi connectivity index (χ1) is 15.5. The van der Waals surface area contributed by atoms with Crippen molar-refractivity contribution in [2.24, 2.45) is 5.92 Å². The van der Waals surface area contributed by atoms with Gasteiger partial charge < -0.3 is 15.6 Å². The Morgan fingerprint density at radius 1 is 1.28 bits per heavy atom. The Morgan fingerprint density at radius 3 is 2.91 bits per heavy atom. The molecule has 0 atom stereocenters. The standard InChI is InChI=1S/C25H25FN4OS/c1-15-3-2-4-17(11-15)23-22(29-25(27)32-23)24(31)30(14-16-5-6-16)10-9-18-13-28-21-8-7-19(26)12-20(18)21/h2-4,7-8,11-13,16,28H,5-6,9-10,14H2,1H3,(H2,27,29). The van der Waals surface area contributed by atoms with Crippen LogP contribution in [0, 0.1) is 18.7 Å². The normalized spacial score (nSPS) is 13.6. The first-order valence-electron chi connectivity index (χ1n) is 10.9. The lowest BCUT2D eigenvalue weighted by molar-refractivity contribution is 0.0745. The van der Waals surface area contributed by atoms with Crippen LogP contribution < -0.4 is 5.73 Å². The van der Waals surface area contributed by atoms with Crippen LogP contribution in [0.15, 0.2) is 48.7 Å². The number of nitrogens with one attached hydrogen (secondary N) is 1.